The van der Waals surface area contributed by atoms with Crippen molar-refractivity contribution in [3.8, 4) is 0 Å². The molecule has 2 fully saturated rings. The lowest BCUT2D eigenvalue weighted by Gasteiger charge is -2.41. The molecule has 0 radical (unpaired) electrons. The fourth-order valence-electron chi connectivity index (χ4n) is 3.06. The molecule has 1 N–H and O–H groups in total. The number of nitrogens with zero attached hydrogens (tertiary/aromatic N) is 1. The maximum Gasteiger partial charge on any atom is 0.0474 e. The molecule has 2 atom stereocenters. The highest BCUT2D eigenvalue weighted by Crippen LogP contribution is 2.36. The Morgan fingerprint density at radius 3 is 2.82 bits per heavy atom. The molecule has 1 aliphatic carbocycles. The number of ether oxygens (including phenoxy) is 1. The van der Waals surface area contributed by atoms with E-state index in [2.05, 4.69) is 17.1 Å². The number of hydrogen-bond acceptors (Lipinski definition) is 3. The summed E-state index contributed by atoms with van der Waals surface area (Å²) < 4.78 is 5.18. The zero-order valence-corrected chi connectivity index (χ0v) is 11.5. The molecule has 2 aliphatic rings. The number of piperazine rings is 1. The fraction of sp³-hybridized carbons (Fsp3) is 1.00. The summed E-state index contributed by atoms with van der Waals surface area (Å²) in [5, 5.41) is 3.74. The third-order valence-corrected chi connectivity index (χ3v) is 4.14. The van der Waals surface area contributed by atoms with Gasteiger partial charge in [0.15, 0.2) is 0 Å². The summed E-state index contributed by atoms with van der Waals surface area (Å²) in [6.45, 7) is 6.86. The van der Waals surface area contributed by atoms with Crippen LogP contribution in [0.2, 0.25) is 0 Å². The highest BCUT2D eigenvalue weighted by molar-refractivity contribution is 4.94. The van der Waals surface area contributed by atoms with Gasteiger partial charge in [0.25, 0.3) is 0 Å². The molecule has 0 bridgehead atoms. The lowest BCUT2D eigenvalue weighted by atomic mass is 10.0. The molecular formula is C14H28N2O. The van der Waals surface area contributed by atoms with Gasteiger partial charge in [-0.3, -0.25) is 4.90 Å². The van der Waals surface area contributed by atoms with Gasteiger partial charge in [-0.1, -0.05) is 13.3 Å². The molecule has 2 unspecified atom stereocenters. The van der Waals surface area contributed by atoms with Crippen LogP contribution in [-0.2, 0) is 4.74 Å². The van der Waals surface area contributed by atoms with E-state index in [1.54, 1.807) is 7.11 Å². The van der Waals surface area contributed by atoms with E-state index in [1.807, 2.05) is 0 Å². The first kappa shape index (κ1) is 13.3. The van der Waals surface area contributed by atoms with Crippen molar-refractivity contribution in [3.05, 3.63) is 0 Å². The summed E-state index contributed by atoms with van der Waals surface area (Å²) in [5.74, 6) is 0.979. The van der Waals surface area contributed by atoms with Gasteiger partial charge in [0.2, 0.25) is 0 Å². The van der Waals surface area contributed by atoms with E-state index in [4.69, 9.17) is 4.74 Å². The first-order chi connectivity index (χ1) is 8.35. The highest BCUT2D eigenvalue weighted by Gasteiger charge is 2.38. The smallest absolute Gasteiger partial charge is 0.0474 e. The van der Waals surface area contributed by atoms with Crippen LogP contribution >= 0.6 is 0 Å². The molecule has 0 spiro atoms. The second kappa shape index (κ2) is 6.72. The number of methoxy groups -OCH3 is 1. The predicted octanol–water partition coefficient (Wildman–Crippen LogP) is 1.88. The van der Waals surface area contributed by atoms with Gasteiger partial charge in [-0.2, -0.15) is 0 Å². The minimum atomic E-state index is 0.720. The third-order valence-electron chi connectivity index (χ3n) is 4.14. The lowest BCUT2D eigenvalue weighted by molar-refractivity contribution is 0.0958. The summed E-state index contributed by atoms with van der Waals surface area (Å²) in [5.41, 5.74) is 0. The van der Waals surface area contributed by atoms with E-state index in [9.17, 15) is 0 Å². The maximum absolute atomic E-state index is 5.18. The molecule has 1 heterocycles. The standard InChI is InChI=1S/C14H28N2O/c1-3-5-13-11-16(8-4-9-17-2)14(10-15-13)12-6-7-12/h12-15H,3-11H2,1-2H3. The molecule has 1 saturated heterocycles. The minimum absolute atomic E-state index is 0.720. The molecule has 0 aromatic rings. The van der Waals surface area contributed by atoms with Crippen molar-refractivity contribution in [3.63, 3.8) is 0 Å². The Balaban J connectivity index is 1.80. The second-order valence-electron chi connectivity index (χ2n) is 5.64. The Kier molecular flexibility index (Phi) is 5.26. The molecule has 3 nitrogen and oxygen atoms in total. The van der Waals surface area contributed by atoms with Crippen LogP contribution in [0.25, 0.3) is 0 Å². The Bertz CT molecular complexity index is 218. The van der Waals surface area contributed by atoms with Crippen LogP contribution in [0.15, 0.2) is 0 Å². The van der Waals surface area contributed by atoms with Crippen LogP contribution < -0.4 is 5.32 Å². The normalized spacial score (nSPS) is 30.7. The molecule has 3 heteroatoms. The fourth-order valence-corrected chi connectivity index (χ4v) is 3.06. The number of hydrogen-bond donors (Lipinski definition) is 1. The minimum Gasteiger partial charge on any atom is -0.385 e. The topological polar surface area (TPSA) is 24.5 Å². The molecule has 0 aromatic carbocycles. The Morgan fingerprint density at radius 2 is 2.18 bits per heavy atom. The first-order valence-electron chi connectivity index (χ1n) is 7.31. The van der Waals surface area contributed by atoms with E-state index >= 15 is 0 Å². The van der Waals surface area contributed by atoms with Gasteiger partial charge in [0.05, 0.1) is 0 Å². The van der Waals surface area contributed by atoms with Gasteiger partial charge in [0.1, 0.15) is 0 Å². The summed E-state index contributed by atoms with van der Waals surface area (Å²) in [6.07, 6.45) is 6.69. The van der Waals surface area contributed by atoms with Crippen molar-refractivity contribution in [2.75, 3.05) is 33.4 Å². The lowest BCUT2D eigenvalue weighted by Crippen LogP contribution is -2.57. The van der Waals surface area contributed by atoms with Crippen molar-refractivity contribution in [1.82, 2.24) is 10.2 Å². The molecule has 2 rings (SSSR count). The quantitative estimate of drug-likeness (QED) is 0.688. The number of nitrogens with one attached hydrogen (secondary N) is 1. The Morgan fingerprint density at radius 1 is 1.35 bits per heavy atom. The van der Waals surface area contributed by atoms with E-state index < -0.39 is 0 Å². The molecule has 0 amide bonds. The van der Waals surface area contributed by atoms with Crippen LogP contribution in [0, 0.1) is 5.92 Å². The molecular weight excluding hydrogens is 212 g/mol. The third kappa shape index (κ3) is 3.94. The molecule has 1 saturated carbocycles. The Labute approximate surface area is 106 Å². The molecule has 1 aliphatic heterocycles. The van der Waals surface area contributed by atoms with Crippen molar-refractivity contribution < 1.29 is 4.74 Å². The van der Waals surface area contributed by atoms with Crippen molar-refractivity contribution >= 4 is 0 Å². The molecule has 0 aromatic heterocycles. The van der Waals surface area contributed by atoms with Gasteiger partial charge in [-0.05, 0) is 31.6 Å². The highest BCUT2D eigenvalue weighted by atomic mass is 16.5. The average molecular weight is 240 g/mol. The predicted molar refractivity (Wildman–Crippen MR) is 71.3 cm³/mol. The van der Waals surface area contributed by atoms with Crippen LogP contribution in [0.1, 0.15) is 39.0 Å². The van der Waals surface area contributed by atoms with Crippen LogP contribution in [0.3, 0.4) is 0 Å². The largest absolute Gasteiger partial charge is 0.385 e. The second-order valence-corrected chi connectivity index (χ2v) is 5.64. The molecule has 100 valence electrons. The molecule has 17 heavy (non-hydrogen) atoms. The first-order valence-corrected chi connectivity index (χ1v) is 7.31. The van der Waals surface area contributed by atoms with Gasteiger partial charge in [-0.25, -0.2) is 0 Å². The van der Waals surface area contributed by atoms with Gasteiger partial charge in [-0.15, -0.1) is 0 Å². The summed E-state index contributed by atoms with van der Waals surface area (Å²) >= 11 is 0. The maximum atomic E-state index is 5.18. The Hall–Kier alpha value is -0.120. The van der Waals surface area contributed by atoms with Crippen molar-refractivity contribution in [1.29, 1.82) is 0 Å². The van der Waals surface area contributed by atoms with Gasteiger partial charge in [0, 0.05) is 45.4 Å². The van der Waals surface area contributed by atoms with E-state index in [-0.39, 0.29) is 0 Å². The summed E-state index contributed by atoms with van der Waals surface area (Å²) in [7, 11) is 1.80. The average Bonchev–Trinajstić information content (AvgIpc) is 3.14. The SMILES string of the molecule is CCCC1CN(CCCOC)C(C2CC2)CN1. The van der Waals surface area contributed by atoms with Gasteiger partial charge >= 0.3 is 0 Å². The van der Waals surface area contributed by atoms with Crippen molar-refractivity contribution in [2.45, 2.75) is 51.1 Å². The van der Waals surface area contributed by atoms with Crippen molar-refractivity contribution in [2.24, 2.45) is 5.92 Å². The number of rotatable bonds is 7. The van der Waals surface area contributed by atoms with E-state index in [0.717, 1.165) is 24.6 Å². The zero-order chi connectivity index (χ0) is 12.1. The monoisotopic (exact) mass is 240 g/mol. The van der Waals surface area contributed by atoms with Gasteiger partial charge < -0.3 is 10.1 Å². The van der Waals surface area contributed by atoms with E-state index in [0.29, 0.717) is 0 Å². The van der Waals surface area contributed by atoms with Crippen LogP contribution in [-0.4, -0.2) is 50.3 Å². The van der Waals surface area contributed by atoms with Crippen LogP contribution in [0.5, 0.6) is 0 Å². The summed E-state index contributed by atoms with van der Waals surface area (Å²) in [6, 6.07) is 1.53. The van der Waals surface area contributed by atoms with E-state index in [1.165, 1.54) is 51.7 Å². The zero-order valence-electron chi connectivity index (χ0n) is 11.5. The summed E-state index contributed by atoms with van der Waals surface area (Å²) in [4.78, 5) is 2.73. The van der Waals surface area contributed by atoms with Crippen LogP contribution in [0.4, 0.5) is 0 Å².